The van der Waals surface area contributed by atoms with Crippen LogP contribution in [0.2, 0.25) is 0 Å². The maximum absolute atomic E-state index is 12.7. The number of hydrazine groups is 1. The first-order valence-electron chi connectivity index (χ1n) is 6.00. The molecule has 112 valence electrons. The Kier molecular flexibility index (Phi) is 4.50. The number of sulfonamides is 1. The van der Waals surface area contributed by atoms with Gasteiger partial charge in [-0.15, -0.1) is 4.83 Å². The third-order valence-corrected chi connectivity index (χ3v) is 3.96. The van der Waals surface area contributed by atoms with Crippen molar-refractivity contribution in [2.45, 2.75) is 4.90 Å². The number of carbonyl (C=O) groups is 1. The van der Waals surface area contributed by atoms with Crippen LogP contribution in [0.1, 0.15) is 15.9 Å². The smallest absolute Gasteiger partial charge is 0.266 e. The molecule has 6 nitrogen and oxygen atoms in total. The van der Waals surface area contributed by atoms with Gasteiger partial charge < -0.3 is 0 Å². The summed E-state index contributed by atoms with van der Waals surface area (Å²) in [5, 5.41) is 8.65. The summed E-state index contributed by atoms with van der Waals surface area (Å²) in [5.74, 6) is -1.23. The first kappa shape index (κ1) is 15.6. The zero-order valence-electron chi connectivity index (χ0n) is 11.1. The van der Waals surface area contributed by atoms with Crippen LogP contribution in [0.15, 0.2) is 53.4 Å². The number of benzene rings is 2. The van der Waals surface area contributed by atoms with E-state index in [9.17, 15) is 17.6 Å². The zero-order valence-corrected chi connectivity index (χ0v) is 11.9. The van der Waals surface area contributed by atoms with E-state index < -0.39 is 21.7 Å². The predicted octanol–water partition coefficient (Wildman–Crippen LogP) is 1.32. The van der Waals surface area contributed by atoms with Crippen LogP contribution < -0.4 is 10.3 Å². The van der Waals surface area contributed by atoms with E-state index in [0.717, 1.165) is 12.1 Å². The van der Waals surface area contributed by atoms with Crippen LogP contribution in [0.25, 0.3) is 0 Å². The van der Waals surface area contributed by atoms with Gasteiger partial charge in [0.2, 0.25) is 0 Å². The van der Waals surface area contributed by atoms with Crippen molar-refractivity contribution in [3.05, 3.63) is 65.5 Å². The fraction of sp³-hybridized carbons (Fsp3) is 0. The number of amides is 1. The predicted molar refractivity (Wildman–Crippen MR) is 75.3 cm³/mol. The van der Waals surface area contributed by atoms with Gasteiger partial charge in [-0.1, -0.05) is 0 Å². The van der Waals surface area contributed by atoms with E-state index >= 15 is 0 Å². The molecule has 0 saturated heterocycles. The molecule has 0 bridgehead atoms. The Morgan fingerprint density at radius 1 is 1.05 bits per heavy atom. The molecule has 0 aliphatic heterocycles. The number of halogens is 1. The van der Waals surface area contributed by atoms with Crippen LogP contribution in [0.4, 0.5) is 4.39 Å². The van der Waals surface area contributed by atoms with Gasteiger partial charge in [0.05, 0.1) is 16.5 Å². The van der Waals surface area contributed by atoms with E-state index in [1.54, 1.807) is 0 Å². The van der Waals surface area contributed by atoms with E-state index in [0.29, 0.717) is 5.56 Å². The quantitative estimate of drug-likeness (QED) is 0.830. The molecule has 0 fully saturated rings. The molecule has 0 aliphatic carbocycles. The summed E-state index contributed by atoms with van der Waals surface area (Å²) in [6.45, 7) is 0. The van der Waals surface area contributed by atoms with Crippen molar-refractivity contribution < 1.29 is 17.6 Å². The molecule has 0 aliphatic rings. The van der Waals surface area contributed by atoms with Crippen molar-refractivity contribution >= 4 is 15.9 Å². The molecule has 0 aromatic heterocycles. The highest BCUT2D eigenvalue weighted by Gasteiger charge is 2.15. The topological polar surface area (TPSA) is 99.1 Å². The van der Waals surface area contributed by atoms with Gasteiger partial charge >= 0.3 is 0 Å². The summed E-state index contributed by atoms with van der Waals surface area (Å²) >= 11 is 0. The minimum atomic E-state index is -3.96. The third kappa shape index (κ3) is 3.66. The van der Waals surface area contributed by atoms with Crippen LogP contribution in [-0.2, 0) is 10.0 Å². The standard InChI is InChI=1S/C14H10FN3O3S/c15-12-5-3-11(4-6-12)14(19)17-18-22(20,21)13-7-1-10(9-16)2-8-13/h1-8,18H,(H,17,19). The molecule has 0 radical (unpaired) electrons. The lowest BCUT2D eigenvalue weighted by atomic mass is 10.2. The normalized spacial score (nSPS) is 10.7. The molecule has 0 atom stereocenters. The maximum atomic E-state index is 12.7. The Labute approximate surface area is 126 Å². The van der Waals surface area contributed by atoms with Crippen LogP contribution in [0, 0.1) is 17.1 Å². The summed E-state index contributed by atoms with van der Waals surface area (Å²) in [5.41, 5.74) is 2.44. The van der Waals surface area contributed by atoms with Gasteiger partial charge in [-0.05, 0) is 48.5 Å². The molecule has 0 spiro atoms. The lowest BCUT2D eigenvalue weighted by Crippen LogP contribution is -2.41. The number of hydrogen-bond donors (Lipinski definition) is 2. The molecule has 2 aromatic carbocycles. The summed E-state index contributed by atoms with van der Waals surface area (Å²) in [7, 11) is -3.96. The van der Waals surface area contributed by atoms with Crippen molar-refractivity contribution in [2.24, 2.45) is 0 Å². The molecule has 1 amide bonds. The average molecular weight is 319 g/mol. The minimum Gasteiger partial charge on any atom is -0.273 e. The fourth-order valence-corrected chi connectivity index (χ4v) is 2.39. The third-order valence-electron chi connectivity index (χ3n) is 2.70. The van der Waals surface area contributed by atoms with Gasteiger partial charge in [0.25, 0.3) is 15.9 Å². The Morgan fingerprint density at radius 3 is 2.18 bits per heavy atom. The van der Waals surface area contributed by atoms with Crippen molar-refractivity contribution in [3.63, 3.8) is 0 Å². The molecule has 22 heavy (non-hydrogen) atoms. The summed E-state index contributed by atoms with van der Waals surface area (Å²) < 4.78 is 36.6. The van der Waals surface area contributed by atoms with Crippen molar-refractivity contribution in [3.8, 4) is 6.07 Å². The highest BCUT2D eigenvalue weighted by Crippen LogP contribution is 2.09. The summed E-state index contributed by atoms with van der Waals surface area (Å²) in [4.78, 5) is 13.5. The molecule has 2 aromatic rings. The molecular weight excluding hydrogens is 309 g/mol. The zero-order chi connectivity index (χ0) is 16.2. The Morgan fingerprint density at radius 2 is 1.64 bits per heavy atom. The first-order valence-corrected chi connectivity index (χ1v) is 7.48. The lowest BCUT2D eigenvalue weighted by Gasteiger charge is -2.08. The molecule has 0 heterocycles. The van der Waals surface area contributed by atoms with E-state index in [1.807, 2.05) is 16.3 Å². The van der Waals surface area contributed by atoms with Crippen molar-refractivity contribution in [1.29, 1.82) is 5.26 Å². The lowest BCUT2D eigenvalue weighted by molar-refractivity contribution is 0.0945. The monoisotopic (exact) mass is 319 g/mol. The average Bonchev–Trinajstić information content (AvgIpc) is 2.53. The van der Waals surface area contributed by atoms with E-state index in [1.165, 1.54) is 36.4 Å². The molecular formula is C14H10FN3O3S. The maximum Gasteiger partial charge on any atom is 0.266 e. The highest BCUT2D eigenvalue weighted by atomic mass is 32.2. The van der Waals surface area contributed by atoms with Gasteiger partial charge in [-0.2, -0.15) is 5.26 Å². The highest BCUT2D eigenvalue weighted by molar-refractivity contribution is 7.89. The van der Waals surface area contributed by atoms with Gasteiger partial charge in [0.1, 0.15) is 5.82 Å². The number of nitriles is 1. The second-order valence-electron chi connectivity index (χ2n) is 4.20. The molecule has 0 unspecified atom stereocenters. The Hall–Kier alpha value is -2.76. The van der Waals surface area contributed by atoms with Crippen LogP contribution in [0.5, 0.6) is 0 Å². The molecule has 8 heteroatoms. The molecule has 2 N–H and O–H groups in total. The fourth-order valence-electron chi connectivity index (χ4n) is 1.55. The van der Waals surface area contributed by atoms with E-state index in [2.05, 4.69) is 0 Å². The van der Waals surface area contributed by atoms with E-state index in [4.69, 9.17) is 5.26 Å². The summed E-state index contributed by atoms with van der Waals surface area (Å²) in [6, 6.07) is 11.7. The first-order chi connectivity index (χ1) is 10.4. The van der Waals surface area contributed by atoms with Crippen LogP contribution in [-0.4, -0.2) is 14.3 Å². The molecule has 0 saturated carbocycles. The van der Waals surface area contributed by atoms with Gasteiger partial charge in [-0.3, -0.25) is 10.2 Å². The van der Waals surface area contributed by atoms with Crippen molar-refractivity contribution in [2.75, 3.05) is 0 Å². The van der Waals surface area contributed by atoms with Crippen LogP contribution >= 0.6 is 0 Å². The largest absolute Gasteiger partial charge is 0.273 e. The Bertz CT molecular complexity index is 825. The summed E-state index contributed by atoms with van der Waals surface area (Å²) in [6.07, 6.45) is 0. The minimum absolute atomic E-state index is 0.101. The van der Waals surface area contributed by atoms with Crippen LogP contribution in [0.3, 0.4) is 0 Å². The molecule has 2 rings (SSSR count). The van der Waals surface area contributed by atoms with E-state index in [-0.39, 0.29) is 10.5 Å². The van der Waals surface area contributed by atoms with Gasteiger partial charge in [-0.25, -0.2) is 12.8 Å². The van der Waals surface area contributed by atoms with Crippen molar-refractivity contribution in [1.82, 2.24) is 10.3 Å². The Balaban J connectivity index is 2.07. The second-order valence-corrected chi connectivity index (χ2v) is 5.89. The van der Waals surface area contributed by atoms with Gasteiger partial charge in [0.15, 0.2) is 0 Å². The number of hydrogen-bond acceptors (Lipinski definition) is 4. The number of nitrogens with zero attached hydrogens (tertiary/aromatic N) is 1. The number of carbonyl (C=O) groups excluding carboxylic acids is 1. The number of nitrogens with one attached hydrogen (secondary N) is 2. The SMILES string of the molecule is N#Cc1ccc(S(=O)(=O)NNC(=O)c2ccc(F)cc2)cc1. The van der Waals surface area contributed by atoms with Gasteiger partial charge in [0, 0.05) is 5.56 Å². The second kappa shape index (κ2) is 6.34. The number of rotatable bonds is 4.